The molecule has 2 aromatic rings. The normalized spacial score (nSPS) is 9.67. The number of nitrogens with zero attached hydrogens (tertiary/aromatic N) is 4. The number of hydrogen-bond donors (Lipinski definition) is 1. The van der Waals surface area contributed by atoms with Gasteiger partial charge in [0.2, 0.25) is 0 Å². The largest absolute Gasteiger partial charge is 0.383 e. The Balaban J connectivity index is 2.76. The van der Waals surface area contributed by atoms with Crippen molar-refractivity contribution >= 4 is 23.1 Å². The minimum atomic E-state index is -0.548. The van der Waals surface area contributed by atoms with E-state index < -0.39 is 4.92 Å². The van der Waals surface area contributed by atoms with Crippen LogP contribution >= 0.6 is 11.6 Å². The van der Waals surface area contributed by atoms with E-state index in [1.807, 2.05) is 12.1 Å². The summed E-state index contributed by atoms with van der Waals surface area (Å²) >= 11 is 5.86. The van der Waals surface area contributed by atoms with E-state index >= 15 is 0 Å². The third-order valence-corrected chi connectivity index (χ3v) is 3.04. The molecule has 1 aromatic carbocycles. The average Bonchev–Trinajstić information content (AvgIpc) is 2.46. The van der Waals surface area contributed by atoms with Crippen LogP contribution < -0.4 is 5.73 Å². The second kappa shape index (κ2) is 5.45. The lowest BCUT2D eigenvalue weighted by Gasteiger charge is -2.09. The molecule has 1 aromatic heterocycles. The number of nitro groups is 1. The van der Waals surface area contributed by atoms with Crippen LogP contribution in [-0.4, -0.2) is 9.91 Å². The minimum absolute atomic E-state index is 0.00345. The molecule has 2 rings (SSSR count). The molecule has 0 aliphatic heterocycles. The fraction of sp³-hybridized carbons (Fsp3) is 0. The van der Waals surface area contributed by atoms with Crippen LogP contribution in [-0.2, 0) is 0 Å². The van der Waals surface area contributed by atoms with Crippen LogP contribution in [0.2, 0.25) is 5.15 Å². The first-order valence-electron chi connectivity index (χ1n) is 5.53. The topological polar surface area (TPSA) is 130 Å². The van der Waals surface area contributed by atoms with E-state index in [0.717, 1.165) is 0 Å². The number of nitriles is 2. The highest BCUT2D eigenvalue weighted by Crippen LogP contribution is 2.34. The number of anilines is 1. The second-order valence-electron chi connectivity index (χ2n) is 3.94. The van der Waals surface area contributed by atoms with Crippen molar-refractivity contribution in [1.29, 1.82) is 10.5 Å². The maximum absolute atomic E-state index is 10.7. The highest BCUT2D eigenvalue weighted by Gasteiger charge is 2.19. The zero-order valence-corrected chi connectivity index (χ0v) is 11.1. The van der Waals surface area contributed by atoms with Gasteiger partial charge in [-0.15, -0.1) is 0 Å². The third-order valence-electron chi connectivity index (χ3n) is 2.77. The molecule has 0 aliphatic carbocycles. The van der Waals surface area contributed by atoms with Crippen LogP contribution in [0.1, 0.15) is 11.1 Å². The van der Waals surface area contributed by atoms with Gasteiger partial charge in [0.05, 0.1) is 10.5 Å². The molecule has 0 bridgehead atoms. The van der Waals surface area contributed by atoms with E-state index in [9.17, 15) is 20.6 Å². The summed E-state index contributed by atoms with van der Waals surface area (Å²) in [4.78, 5) is 13.8. The zero-order valence-electron chi connectivity index (χ0n) is 10.4. The quantitative estimate of drug-likeness (QED) is 0.515. The first-order chi connectivity index (χ1) is 9.99. The molecule has 0 aliphatic rings. The summed E-state index contributed by atoms with van der Waals surface area (Å²) in [5.41, 5.74) is 6.17. The Morgan fingerprint density at radius 1 is 1.19 bits per heavy atom. The predicted octanol–water partition coefficient (Wildman–Crippen LogP) is 2.64. The molecule has 0 saturated carbocycles. The number of benzene rings is 1. The Hall–Kier alpha value is -3.16. The molecular weight excluding hydrogens is 294 g/mol. The van der Waals surface area contributed by atoms with Gasteiger partial charge in [0.25, 0.3) is 5.69 Å². The SMILES string of the molecule is N#Cc1c(N)nc(Cl)c(C#N)c1-c1ccc([N+](=O)[O-])cc1. The van der Waals surface area contributed by atoms with Gasteiger partial charge in [-0.1, -0.05) is 11.6 Å². The molecule has 0 spiro atoms. The molecule has 8 heteroatoms. The molecule has 0 radical (unpaired) electrons. The monoisotopic (exact) mass is 299 g/mol. The zero-order chi connectivity index (χ0) is 15.6. The molecule has 21 heavy (non-hydrogen) atoms. The summed E-state index contributed by atoms with van der Waals surface area (Å²) in [6.07, 6.45) is 0. The molecule has 1 heterocycles. The molecule has 0 atom stereocenters. The van der Waals surface area contributed by atoms with E-state index in [1.165, 1.54) is 24.3 Å². The summed E-state index contributed by atoms with van der Waals surface area (Å²) < 4.78 is 0. The van der Waals surface area contributed by atoms with Gasteiger partial charge in [-0.25, -0.2) is 4.98 Å². The first kappa shape index (κ1) is 14.3. The number of hydrogen-bond acceptors (Lipinski definition) is 6. The summed E-state index contributed by atoms with van der Waals surface area (Å²) in [5.74, 6) is -0.102. The molecule has 102 valence electrons. The number of aromatic nitrogens is 1. The van der Waals surface area contributed by atoms with Crippen LogP contribution in [0.15, 0.2) is 24.3 Å². The van der Waals surface area contributed by atoms with Gasteiger partial charge in [-0.2, -0.15) is 10.5 Å². The van der Waals surface area contributed by atoms with Crippen molar-refractivity contribution in [2.45, 2.75) is 0 Å². The number of pyridine rings is 1. The first-order valence-corrected chi connectivity index (χ1v) is 5.91. The third kappa shape index (κ3) is 2.46. The maximum Gasteiger partial charge on any atom is 0.269 e. The van der Waals surface area contributed by atoms with E-state index in [4.69, 9.17) is 17.3 Å². The molecule has 0 saturated heterocycles. The Labute approximate surface area is 124 Å². The van der Waals surface area contributed by atoms with Gasteiger partial charge in [-0.05, 0) is 17.7 Å². The molecule has 7 nitrogen and oxygen atoms in total. The van der Waals surface area contributed by atoms with Crippen LogP contribution in [0.25, 0.3) is 11.1 Å². The number of nitro benzene ring substituents is 1. The predicted molar refractivity (Wildman–Crippen MR) is 75.2 cm³/mol. The van der Waals surface area contributed by atoms with Crippen LogP contribution in [0.3, 0.4) is 0 Å². The number of halogens is 1. The van der Waals surface area contributed by atoms with Crippen LogP contribution in [0.4, 0.5) is 11.5 Å². The van der Waals surface area contributed by atoms with E-state index in [0.29, 0.717) is 5.56 Å². The van der Waals surface area contributed by atoms with Crippen molar-refractivity contribution in [2.24, 2.45) is 0 Å². The standard InChI is InChI=1S/C13H6ClN5O2/c14-12-9(5-15)11(10(6-16)13(17)18-12)7-1-3-8(4-2-7)19(20)21/h1-4H,(H2,17,18). The highest BCUT2D eigenvalue weighted by atomic mass is 35.5. The number of nitrogen functional groups attached to an aromatic ring is 1. The Bertz CT molecular complexity index is 780. The van der Waals surface area contributed by atoms with Crippen molar-refractivity contribution in [1.82, 2.24) is 4.98 Å². The lowest BCUT2D eigenvalue weighted by atomic mass is 9.97. The van der Waals surface area contributed by atoms with Crippen molar-refractivity contribution in [2.75, 3.05) is 5.73 Å². The summed E-state index contributed by atoms with van der Waals surface area (Å²) in [6, 6.07) is 9.11. The van der Waals surface area contributed by atoms with Crippen LogP contribution in [0.5, 0.6) is 0 Å². The number of non-ortho nitro benzene ring substituents is 1. The van der Waals surface area contributed by atoms with E-state index in [2.05, 4.69) is 4.98 Å². The average molecular weight is 300 g/mol. The lowest BCUT2D eigenvalue weighted by Crippen LogP contribution is -2.01. The fourth-order valence-electron chi connectivity index (χ4n) is 1.83. The Kier molecular flexibility index (Phi) is 3.70. The van der Waals surface area contributed by atoms with E-state index in [-0.39, 0.29) is 33.3 Å². The number of rotatable bonds is 2. The summed E-state index contributed by atoms with van der Waals surface area (Å²) in [7, 11) is 0. The van der Waals surface area contributed by atoms with Gasteiger partial charge in [0.15, 0.2) is 0 Å². The maximum atomic E-state index is 10.7. The van der Waals surface area contributed by atoms with Crippen molar-refractivity contribution in [3.05, 3.63) is 50.7 Å². The molecule has 2 N–H and O–H groups in total. The van der Waals surface area contributed by atoms with Crippen molar-refractivity contribution in [3.8, 4) is 23.3 Å². The minimum Gasteiger partial charge on any atom is -0.383 e. The molecular formula is C13H6ClN5O2. The fourth-order valence-corrected chi connectivity index (χ4v) is 2.06. The van der Waals surface area contributed by atoms with Crippen molar-refractivity contribution < 1.29 is 4.92 Å². The van der Waals surface area contributed by atoms with Crippen LogP contribution in [0, 0.1) is 32.8 Å². The molecule has 0 unspecified atom stereocenters. The van der Waals surface area contributed by atoms with Gasteiger partial charge in [0, 0.05) is 17.7 Å². The van der Waals surface area contributed by atoms with Gasteiger partial charge in [0.1, 0.15) is 28.7 Å². The van der Waals surface area contributed by atoms with Gasteiger partial charge in [-0.3, -0.25) is 10.1 Å². The second-order valence-corrected chi connectivity index (χ2v) is 4.30. The molecule has 0 fully saturated rings. The summed E-state index contributed by atoms with van der Waals surface area (Å²) in [5, 5.41) is 28.9. The van der Waals surface area contributed by atoms with E-state index in [1.54, 1.807) is 0 Å². The van der Waals surface area contributed by atoms with Gasteiger partial charge >= 0.3 is 0 Å². The highest BCUT2D eigenvalue weighted by molar-refractivity contribution is 6.31. The Morgan fingerprint density at radius 2 is 1.76 bits per heavy atom. The Morgan fingerprint density at radius 3 is 2.24 bits per heavy atom. The number of nitrogens with two attached hydrogens (primary N) is 1. The van der Waals surface area contributed by atoms with Crippen molar-refractivity contribution in [3.63, 3.8) is 0 Å². The smallest absolute Gasteiger partial charge is 0.269 e. The summed E-state index contributed by atoms with van der Waals surface area (Å²) in [6.45, 7) is 0. The lowest BCUT2D eigenvalue weighted by molar-refractivity contribution is -0.384. The molecule has 0 amide bonds. The van der Waals surface area contributed by atoms with Gasteiger partial charge < -0.3 is 5.73 Å².